The van der Waals surface area contributed by atoms with Crippen molar-refractivity contribution in [3.63, 3.8) is 0 Å². The van der Waals surface area contributed by atoms with Gasteiger partial charge in [0.15, 0.2) is 5.82 Å². The summed E-state index contributed by atoms with van der Waals surface area (Å²) in [5, 5.41) is -0.338. The predicted octanol–water partition coefficient (Wildman–Crippen LogP) is 3.99. The molecule has 17 heavy (non-hydrogen) atoms. The van der Waals surface area contributed by atoms with Gasteiger partial charge in [-0.3, -0.25) is 4.99 Å². The average molecular weight is 266 g/mol. The fourth-order valence-electron chi connectivity index (χ4n) is 1.37. The minimum absolute atomic E-state index is 0.338. The molecule has 1 fully saturated rings. The molecule has 1 aromatic rings. The van der Waals surface area contributed by atoms with Crippen LogP contribution in [0.3, 0.4) is 0 Å². The summed E-state index contributed by atoms with van der Waals surface area (Å²) in [7, 11) is 0. The van der Waals surface area contributed by atoms with Gasteiger partial charge in [-0.2, -0.15) is 13.2 Å². The predicted molar refractivity (Wildman–Crippen MR) is 57.0 cm³/mol. The maximum absolute atomic E-state index is 13.5. The van der Waals surface area contributed by atoms with Gasteiger partial charge in [-0.05, 0) is 25.0 Å². The van der Waals surface area contributed by atoms with Crippen molar-refractivity contribution in [2.45, 2.75) is 25.1 Å². The second-order valence-electron chi connectivity index (χ2n) is 3.81. The Bertz CT molecular complexity index is 463. The van der Waals surface area contributed by atoms with Gasteiger partial charge in [0, 0.05) is 5.56 Å². The van der Waals surface area contributed by atoms with Crippen molar-refractivity contribution in [3.05, 3.63) is 34.6 Å². The highest BCUT2D eigenvalue weighted by Gasteiger charge is 2.40. The molecule has 0 aromatic heterocycles. The van der Waals surface area contributed by atoms with E-state index in [0.29, 0.717) is 12.8 Å². The van der Waals surface area contributed by atoms with Gasteiger partial charge in [0.25, 0.3) is 0 Å². The summed E-state index contributed by atoms with van der Waals surface area (Å²) < 4.78 is 51.8. The van der Waals surface area contributed by atoms with E-state index in [4.69, 9.17) is 11.6 Å². The van der Waals surface area contributed by atoms with Gasteiger partial charge in [-0.25, -0.2) is 4.39 Å². The Balaban J connectivity index is 2.49. The Labute approximate surface area is 100 Å². The molecule has 0 unspecified atom stereocenters. The van der Waals surface area contributed by atoms with Gasteiger partial charge in [-0.1, -0.05) is 17.7 Å². The van der Waals surface area contributed by atoms with Gasteiger partial charge in [0.2, 0.25) is 0 Å². The highest BCUT2D eigenvalue weighted by molar-refractivity contribution is 6.31. The van der Waals surface area contributed by atoms with Gasteiger partial charge in [0.05, 0.1) is 11.1 Å². The average Bonchev–Trinajstić information content (AvgIpc) is 3.01. The van der Waals surface area contributed by atoms with Crippen LogP contribution in [0.2, 0.25) is 5.02 Å². The van der Waals surface area contributed by atoms with E-state index in [1.54, 1.807) is 0 Å². The third-order valence-corrected chi connectivity index (χ3v) is 2.63. The zero-order valence-electron chi connectivity index (χ0n) is 8.56. The van der Waals surface area contributed by atoms with E-state index in [1.807, 2.05) is 0 Å². The molecular formula is C11H8ClF4N. The van der Waals surface area contributed by atoms with E-state index in [0.717, 1.165) is 6.07 Å². The molecule has 0 N–H and O–H groups in total. The molecule has 0 atom stereocenters. The lowest BCUT2D eigenvalue weighted by Gasteiger charge is -2.12. The first-order valence-electron chi connectivity index (χ1n) is 4.99. The molecule has 0 spiro atoms. The first-order chi connectivity index (χ1) is 7.89. The van der Waals surface area contributed by atoms with Gasteiger partial charge >= 0.3 is 6.18 Å². The number of nitrogens with zero attached hydrogens (tertiary/aromatic N) is 1. The first-order valence-corrected chi connectivity index (χ1v) is 5.37. The van der Waals surface area contributed by atoms with E-state index in [-0.39, 0.29) is 11.1 Å². The minimum atomic E-state index is -4.67. The van der Waals surface area contributed by atoms with Crippen molar-refractivity contribution in [2.24, 2.45) is 4.99 Å². The molecule has 0 heterocycles. The Kier molecular flexibility index (Phi) is 3.12. The second kappa shape index (κ2) is 4.29. The van der Waals surface area contributed by atoms with Crippen LogP contribution in [0.1, 0.15) is 18.4 Å². The number of hydrogen-bond donors (Lipinski definition) is 0. The number of aliphatic imine (C=N–C) groups is 1. The summed E-state index contributed by atoms with van der Waals surface area (Å²) in [6, 6.07) is 3.17. The standard InChI is InChI=1S/C11H8ClF4N/c12-8-3-1-2-7(9(8)13)10(11(14,15)16)17-6-4-5-6/h1-3,6H,4-5H2. The fraction of sp³-hybridized carbons (Fsp3) is 0.364. The molecule has 1 saturated carbocycles. The van der Waals surface area contributed by atoms with Crippen LogP contribution < -0.4 is 0 Å². The number of halogens is 5. The molecule has 0 amide bonds. The van der Waals surface area contributed by atoms with Crippen molar-refractivity contribution < 1.29 is 17.6 Å². The van der Waals surface area contributed by atoms with Crippen molar-refractivity contribution in [1.82, 2.24) is 0 Å². The molecule has 6 heteroatoms. The maximum Gasteiger partial charge on any atom is 0.433 e. The molecule has 2 rings (SSSR count). The Morgan fingerprint density at radius 1 is 1.29 bits per heavy atom. The van der Waals surface area contributed by atoms with Gasteiger partial charge < -0.3 is 0 Å². The van der Waals surface area contributed by atoms with E-state index >= 15 is 0 Å². The van der Waals surface area contributed by atoms with Crippen LogP contribution in [0.15, 0.2) is 23.2 Å². The first kappa shape index (κ1) is 12.4. The highest BCUT2D eigenvalue weighted by Crippen LogP contribution is 2.31. The molecule has 0 saturated heterocycles. The molecule has 0 radical (unpaired) electrons. The lowest BCUT2D eigenvalue weighted by Crippen LogP contribution is -2.25. The topological polar surface area (TPSA) is 12.4 Å². The Hall–Kier alpha value is -1.10. The van der Waals surface area contributed by atoms with E-state index in [2.05, 4.69) is 4.99 Å². The summed E-state index contributed by atoms with van der Waals surface area (Å²) in [6.45, 7) is 0. The summed E-state index contributed by atoms with van der Waals surface area (Å²) in [5.74, 6) is -1.08. The molecule has 0 aliphatic heterocycles. The van der Waals surface area contributed by atoms with E-state index < -0.39 is 23.3 Å². The summed E-state index contributed by atoms with van der Waals surface area (Å²) in [6.07, 6.45) is -3.45. The van der Waals surface area contributed by atoms with E-state index in [1.165, 1.54) is 12.1 Å². The zero-order chi connectivity index (χ0) is 12.6. The van der Waals surface area contributed by atoms with Crippen LogP contribution in [0.25, 0.3) is 0 Å². The molecular weight excluding hydrogens is 258 g/mol. The van der Waals surface area contributed by atoms with E-state index in [9.17, 15) is 17.6 Å². The normalized spacial score (nSPS) is 17.4. The zero-order valence-corrected chi connectivity index (χ0v) is 9.32. The quantitative estimate of drug-likeness (QED) is 0.566. The highest BCUT2D eigenvalue weighted by atomic mass is 35.5. The van der Waals surface area contributed by atoms with Gasteiger partial charge in [0.1, 0.15) is 5.71 Å². The number of hydrogen-bond acceptors (Lipinski definition) is 1. The van der Waals surface area contributed by atoms with Crippen LogP contribution in [0.4, 0.5) is 17.6 Å². The Morgan fingerprint density at radius 2 is 1.94 bits per heavy atom. The minimum Gasteiger partial charge on any atom is -0.277 e. The van der Waals surface area contributed by atoms with Crippen LogP contribution in [0, 0.1) is 5.82 Å². The smallest absolute Gasteiger partial charge is 0.277 e. The van der Waals surface area contributed by atoms with Crippen LogP contribution in [0.5, 0.6) is 0 Å². The van der Waals surface area contributed by atoms with Crippen LogP contribution in [-0.4, -0.2) is 17.9 Å². The lowest BCUT2D eigenvalue weighted by molar-refractivity contribution is -0.0584. The third-order valence-electron chi connectivity index (χ3n) is 2.33. The van der Waals surface area contributed by atoms with Crippen molar-refractivity contribution in [2.75, 3.05) is 0 Å². The van der Waals surface area contributed by atoms with Crippen molar-refractivity contribution in [3.8, 4) is 0 Å². The van der Waals surface area contributed by atoms with Gasteiger partial charge in [-0.15, -0.1) is 0 Å². The van der Waals surface area contributed by atoms with Crippen LogP contribution in [-0.2, 0) is 0 Å². The molecule has 1 nitrogen and oxygen atoms in total. The molecule has 1 aromatic carbocycles. The summed E-state index contributed by atoms with van der Waals surface area (Å²) in [4.78, 5) is 3.52. The lowest BCUT2D eigenvalue weighted by atomic mass is 10.1. The second-order valence-corrected chi connectivity index (χ2v) is 4.22. The van der Waals surface area contributed by atoms with Crippen molar-refractivity contribution in [1.29, 1.82) is 0 Å². The molecule has 1 aliphatic rings. The molecule has 1 aliphatic carbocycles. The number of rotatable bonds is 2. The largest absolute Gasteiger partial charge is 0.433 e. The Morgan fingerprint density at radius 3 is 2.47 bits per heavy atom. The fourth-order valence-corrected chi connectivity index (χ4v) is 1.54. The third kappa shape index (κ3) is 2.77. The SMILES string of the molecule is Fc1c(Cl)cccc1C(=NC1CC1)C(F)(F)F. The molecule has 92 valence electrons. The number of alkyl halides is 3. The molecule has 0 bridgehead atoms. The summed E-state index contributed by atoms with van der Waals surface area (Å²) in [5.41, 5.74) is -1.77. The maximum atomic E-state index is 13.5. The summed E-state index contributed by atoms with van der Waals surface area (Å²) >= 11 is 5.46. The number of benzene rings is 1. The van der Waals surface area contributed by atoms with Crippen molar-refractivity contribution >= 4 is 17.3 Å². The monoisotopic (exact) mass is 265 g/mol. The van der Waals surface area contributed by atoms with Crippen LogP contribution >= 0.6 is 11.6 Å².